The molecule has 0 spiro atoms. The van der Waals surface area contributed by atoms with Gasteiger partial charge in [-0.3, -0.25) is 14.4 Å². The van der Waals surface area contributed by atoms with E-state index < -0.39 is 17.9 Å². The normalized spacial score (nSPS) is 19.9. The number of ether oxygens (including phenoxy) is 1. The third-order valence-corrected chi connectivity index (χ3v) is 2.45. The van der Waals surface area contributed by atoms with Crippen LogP contribution in [0, 0.1) is 0 Å². The molecule has 1 atom stereocenters. The van der Waals surface area contributed by atoms with E-state index >= 15 is 0 Å². The molecule has 0 bridgehead atoms. The van der Waals surface area contributed by atoms with Crippen LogP contribution in [-0.4, -0.2) is 60.1 Å². The van der Waals surface area contributed by atoms with Crippen molar-refractivity contribution >= 4 is 17.8 Å². The number of carboxylic acid groups (broad SMARTS) is 1. The maximum atomic E-state index is 11.7. The average Bonchev–Trinajstić information content (AvgIpc) is 2.28. The summed E-state index contributed by atoms with van der Waals surface area (Å²) in [5, 5.41) is 11.3. The van der Waals surface area contributed by atoms with Crippen molar-refractivity contribution < 1.29 is 24.2 Å². The minimum Gasteiger partial charge on any atom is -0.481 e. The zero-order chi connectivity index (χ0) is 12.8. The zero-order valence-corrected chi connectivity index (χ0v) is 9.64. The fourth-order valence-electron chi connectivity index (χ4n) is 1.65. The van der Waals surface area contributed by atoms with Crippen LogP contribution in [-0.2, 0) is 19.1 Å². The second-order valence-corrected chi connectivity index (χ2v) is 3.63. The second kappa shape index (κ2) is 6.19. The van der Waals surface area contributed by atoms with Crippen LogP contribution >= 0.6 is 0 Å². The van der Waals surface area contributed by atoms with Crippen LogP contribution < -0.4 is 5.32 Å². The molecular formula is C10H16N2O5. The number of aliphatic carboxylic acids is 1. The van der Waals surface area contributed by atoms with Crippen molar-refractivity contribution in [2.45, 2.75) is 19.4 Å². The van der Waals surface area contributed by atoms with E-state index in [0.29, 0.717) is 19.7 Å². The summed E-state index contributed by atoms with van der Waals surface area (Å²) in [6.07, 6.45) is -0.385. The predicted molar refractivity (Wildman–Crippen MR) is 57.3 cm³/mol. The van der Waals surface area contributed by atoms with Crippen molar-refractivity contribution in [3.63, 3.8) is 0 Å². The van der Waals surface area contributed by atoms with Crippen LogP contribution in [0.3, 0.4) is 0 Å². The van der Waals surface area contributed by atoms with Gasteiger partial charge >= 0.3 is 5.97 Å². The lowest BCUT2D eigenvalue weighted by Crippen LogP contribution is -2.58. The molecular weight excluding hydrogens is 228 g/mol. The van der Waals surface area contributed by atoms with Crippen molar-refractivity contribution in [2.24, 2.45) is 0 Å². The van der Waals surface area contributed by atoms with Crippen molar-refractivity contribution in [3.05, 3.63) is 0 Å². The number of rotatable bonds is 5. The average molecular weight is 244 g/mol. The van der Waals surface area contributed by atoms with E-state index in [1.807, 2.05) is 0 Å². The number of carboxylic acids is 1. The fraction of sp³-hybridized carbons (Fsp3) is 0.700. The second-order valence-electron chi connectivity index (χ2n) is 3.63. The molecule has 0 aromatic heterocycles. The van der Waals surface area contributed by atoms with Gasteiger partial charge in [-0.05, 0) is 6.92 Å². The molecule has 2 N–H and O–H groups in total. The Morgan fingerprint density at radius 3 is 2.88 bits per heavy atom. The maximum Gasteiger partial charge on any atom is 0.305 e. The van der Waals surface area contributed by atoms with Crippen molar-refractivity contribution in [1.82, 2.24) is 10.2 Å². The summed E-state index contributed by atoms with van der Waals surface area (Å²) in [6.45, 7) is 2.68. The van der Waals surface area contributed by atoms with Gasteiger partial charge in [-0.15, -0.1) is 0 Å². The maximum absolute atomic E-state index is 11.7. The van der Waals surface area contributed by atoms with Gasteiger partial charge in [0.15, 0.2) is 0 Å². The van der Waals surface area contributed by atoms with Crippen LogP contribution in [0.25, 0.3) is 0 Å². The number of nitrogens with zero attached hydrogens (tertiary/aromatic N) is 1. The minimum absolute atomic E-state index is 0.125. The molecule has 0 aromatic rings. The standard InChI is InChI=1S/C10H16N2O5/c1-2-17-6-8(13)12-4-3-11-10(16)7(12)5-9(14)15/h7H,2-6H2,1H3,(H,11,16)(H,14,15). The molecule has 1 saturated heterocycles. The largest absolute Gasteiger partial charge is 0.481 e. The quantitative estimate of drug-likeness (QED) is 0.635. The van der Waals surface area contributed by atoms with Gasteiger partial charge in [-0.1, -0.05) is 0 Å². The zero-order valence-electron chi connectivity index (χ0n) is 9.64. The van der Waals surface area contributed by atoms with Gasteiger partial charge in [0.25, 0.3) is 0 Å². The van der Waals surface area contributed by atoms with Crippen LogP contribution in [0.5, 0.6) is 0 Å². The number of hydrogen-bond donors (Lipinski definition) is 2. The van der Waals surface area contributed by atoms with Gasteiger partial charge in [0, 0.05) is 19.7 Å². The van der Waals surface area contributed by atoms with E-state index in [4.69, 9.17) is 9.84 Å². The third kappa shape index (κ3) is 3.70. The SMILES string of the molecule is CCOCC(=O)N1CCNC(=O)C1CC(=O)O. The van der Waals surface area contributed by atoms with Crippen molar-refractivity contribution in [1.29, 1.82) is 0 Å². The Morgan fingerprint density at radius 1 is 1.59 bits per heavy atom. The Bertz CT molecular complexity index is 318. The molecule has 2 amide bonds. The van der Waals surface area contributed by atoms with Crippen molar-refractivity contribution in [3.8, 4) is 0 Å². The van der Waals surface area contributed by atoms with Crippen LogP contribution in [0.15, 0.2) is 0 Å². The molecule has 0 saturated carbocycles. The molecule has 1 rings (SSSR count). The van der Waals surface area contributed by atoms with E-state index in [1.165, 1.54) is 4.90 Å². The number of carbonyl (C=O) groups is 3. The number of piperazine rings is 1. The number of amides is 2. The summed E-state index contributed by atoms with van der Waals surface area (Å²) in [4.78, 5) is 35.1. The summed E-state index contributed by atoms with van der Waals surface area (Å²) in [6, 6.07) is -0.936. The van der Waals surface area contributed by atoms with Gasteiger partial charge in [-0.25, -0.2) is 0 Å². The Hall–Kier alpha value is -1.63. The van der Waals surface area contributed by atoms with E-state index in [0.717, 1.165) is 0 Å². The summed E-state index contributed by atoms with van der Waals surface area (Å²) < 4.78 is 4.97. The number of nitrogens with one attached hydrogen (secondary N) is 1. The van der Waals surface area contributed by atoms with E-state index in [9.17, 15) is 14.4 Å². The van der Waals surface area contributed by atoms with Crippen LogP contribution in [0.4, 0.5) is 0 Å². The molecule has 1 aliphatic heterocycles. The smallest absolute Gasteiger partial charge is 0.305 e. The Labute approximate surface area is 98.7 Å². The Balaban J connectivity index is 2.67. The molecule has 0 aromatic carbocycles. The predicted octanol–water partition coefficient (Wildman–Crippen LogP) is -1.18. The molecule has 7 heteroatoms. The molecule has 17 heavy (non-hydrogen) atoms. The topological polar surface area (TPSA) is 95.9 Å². The number of carbonyl (C=O) groups excluding carboxylic acids is 2. The Morgan fingerprint density at radius 2 is 2.29 bits per heavy atom. The fourth-order valence-corrected chi connectivity index (χ4v) is 1.65. The van der Waals surface area contributed by atoms with Crippen LogP contribution in [0.2, 0.25) is 0 Å². The summed E-state index contributed by atoms with van der Waals surface area (Å²) in [5.74, 6) is -1.89. The monoisotopic (exact) mass is 244 g/mol. The molecule has 1 aliphatic rings. The first-order chi connectivity index (χ1) is 8.06. The molecule has 1 fully saturated rings. The minimum atomic E-state index is -1.11. The Kier molecular flexibility index (Phi) is 4.89. The summed E-state index contributed by atoms with van der Waals surface area (Å²) >= 11 is 0. The lowest BCUT2D eigenvalue weighted by Gasteiger charge is -2.34. The van der Waals surface area contributed by atoms with Gasteiger partial charge in [0.05, 0.1) is 6.42 Å². The lowest BCUT2D eigenvalue weighted by molar-refractivity contribution is -0.150. The highest BCUT2D eigenvalue weighted by Gasteiger charge is 2.34. The first-order valence-electron chi connectivity index (χ1n) is 5.43. The first kappa shape index (κ1) is 13.4. The summed E-state index contributed by atoms with van der Waals surface area (Å²) in [7, 11) is 0. The number of hydrogen-bond acceptors (Lipinski definition) is 4. The molecule has 1 unspecified atom stereocenters. The highest BCUT2D eigenvalue weighted by molar-refractivity contribution is 5.91. The highest BCUT2D eigenvalue weighted by atomic mass is 16.5. The molecule has 0 radical (unpaired) electrons. The van der Waals surface area contributed by atoms with Gasteiger partial charge < -0.3 is 20.1 Å². The first-order valence-corrected chi connectivity index (χ1v) is 5.43. The van der Waals surface area contributed by atoms with E-state index in [2.05, 4.69) is 5.32 Å². The molecule has 1 heterocycles. The molecule has 0 aliphatic carbocycles. The van der Waals surface area contributed by atoms with Gasteiger partial charge in [0.1, 0.15) is 12.6 Å². The third-order valence-electron chi connectivity index (χ3n) is 2.45. The summed E-state index contributed by atoms with van der Waals surface area (Å²) in [5.41, 5.74) is 0. The molecule has 96 valence electrons. The van der Waals surface area contributed by atoms with Crippen LogP contribution in [0.1, 0.15) is 13.3 Å². The van der Waals surface area contributed by atoms with Gasteiger partial charge in [0.2, 0.25) is 11.8 Å². The van der Waals surface area contributed by atoms with Crippen molar-refractivity contribution in [2.75, 3.05) is 26.3 Å². The highest BCUT2D eigenvalue weighted by Crippen LogP contribution is 2.09. The molecule has 7 nitrogen and oxygen atoms in total. The lowest BCUT2D eigenvalue weighted by atomic mass is 10.1. The van der Waals surface area contributed by atoms with E-state index in [1.54, 1.807) is 6.92 Å². The van der Waals surface area contributed by atoms with Gasteiger partial charge in [-0.2, -0.15) is 0 Å². The van der Waals surface area contributed by atoms with E-state index in [-0.39, 0.29) is 18.9 Å².